The normalized spacial score (nSPS) is 11.2. The Morgan fingerprint density at radius 2 is 1.68 bits per heavy atom. The van der Waals surface area contributed by atoms with E-state index in [-0.39, 0.29) is 11.3 Å². The highest BCUT2D eigenvalue weighted by molar-refractivity contribution is 6.04. The van der Waals surface area contributed by atoms with Crippen LogP contribution in [0, 0.1) is 12.7 Å². The second-order valence-electron chi connectivity index (χ2n) is 5.86. The minimum absolute atomic E-state index is 0.104. The highest BCUT2D eigenvalue weighted by atomic mass is 19.4. The predicted molar refractivity (Wildman–Crippen MR) is 94.8 cm³/mol. The molecule has 0 atom stereocenters. The van der Waals surface area contributed by atoms with Crippen LogP contribution < -0.4 is 10.1 Å². The zero-order chi connectivity index (χ0) is 20.3. The van der Waals surface area contributed by atoms with Crippen molar-refractivity contribution in [2.24, 2.45) is 0 Å². The van der Waals surface area contributed by atoms with Crippen LogP contribution in [0.25, 0.3) is 0 Å². The van der Waals surface area contributed by atoms with Crippen LogP contribution in [-0.4, -0.2) is 10.9 Å². The van der Waals surface area contributed by atoms with Crippen LogP contribution in [-0.2, 0) is 6.18 Å². The molecule has 0 bridgehead atoms. The number of ether oxygens (including phenoxy) is 1. The zero-order valence-corrected chi connectivity index (χ0v) is 14.5. The third-order valence-corrected chi connectivity index (χ3v) is 3.75. The number of carbonyl (C=O) groups excluding carboxylic acids is 1. The number of nitrogens with zero attached hydrogens (tertiary/aromatic N) is 1. The minimum atomic E-state index is -4.61. The summed E-state index contributed by atoms with van der Waals surface area (Å²) in [6.45, 7) is 1.55. The summed E-state index contributed by atoms with van der Waals surface area (Å²) in [7, 11) is 0. The molecule has 0 fully saturated rings. The highest BCUT2D eigenvalue weighted by Gasteiger charge is 2.35. The summed E-state index contributed by atoms with van der Waals surface area (Å²) in [4.78, 5) is 15.9. The SMILES string of the molecule is Cc1ccc(C(F)(F)F)c(Oc2ccc(NC(=O)c3ccccc3F)cc2)n1. The maximum atomic E-state index is 13.6. The van der Waals surface area contributed by atoms with Gasteiger partial charge in [-0.25, -0.2) is 9.37 Å². The second-order valence-corrected chi connectivity index (χ2v) is 5.86. The molecular weight excluding hydrogens is 376 g/mol. The number of anilines is 1. The number of aryl methyl sites for hydroxylation is 1. The van der Waals surface area contributed by atoms with Crippen molar-refractivity contribution in [1.82, 2.24) is 4.98 Å². The molecule has 0 aliphatic heterocycles. The van der Waals surface area contributed by atoms with E-state index < -0.39 is 29.3 Å². The molecule has 0 radical (unpaired) electrons. The third kappa shape index (κ3) is 4.46. The number of carbonyl (C=O) groups is 1. The van der Waals surface area contributed by atoms with E-state index in [4.69, 9.17) is 4.74 Å². The average molecular weight is 390 g/mol. The molecule has 3 rings (SSSR count). The van der Waals surface area contributed by atoms with E-state index in [1.54, 1.807) is 6.92 Å². The van der Waals surface area contributed by atoms with Crippen molar-refractivity contribution in [3.8, 4) is 11.6 Å². The molecule has 8 heteroatoms. The molecule has 2 aromatic carbocycles. The molecule has 1 aromatic heterocycles. The van der Waals surface area contributed by atoms with Gasteiger partial charge in [-0.1, -0.05) is 12.1 Å². The standard InChI is InChI=1S/C20H14F4N2O2/c1-12-6-11-16(20(22,23)24)19(25-12)28-14-9-7-13(8-10-14)26-18(27)15-4-2-3-5-17(15)21/h2-11H,1H3,(H,26,27). The first-order valence-electron chi connectivity index (χ1n) is 8.12. The van der Waals surface area contributed by atoms with Crippen molar-refractivity contribution >= 4 is 11.6 Å². The van der Waals surface area contributed by atoms with Crippen LogP contribution in [0.3, 0.4) is 0 Å². The van der Waals surface area contributed by atoms with E-state index in [2.05, 4.69) is 10.3 Å². The summed E-state index contributed by atoms with van der Waals surface area (Å²) in [6, 6.07) is 13.3. The molecule has 144 valence electrons. The summed E-state index contributed by atoms with van der Waals surface area (Å²) in [5.41, 5.74) is -0.415. The molecule has 0 saturated carbocycles. The lowest BCUT2D eigenvalue weighted by Crippen LogP contribution is -2.13. The lowest BCUT2D eigenvalue weighted by Gasteiger charge is -2.13. The van der Waals surface area contributed by atoms with Crippen LogP contribution in [0.4, 0.5) is 23.2 Å². The Morgan fingerprint density at radius 1 is 1.00 bits per heavy atom. The Kier molecular flexibility index (Phi) is 5.30. The quantitative estimate of drug-likeness (QED) is 0.591. The van der Waals surface area contributed by atoms with Crippen LogP contribution in [0.5, 0.6) is 11.6 Å². The van der Waals surface area contributed by atoms with Gasteiger partial charge in [-0.05, 0) is 55.5 Å². The van der Waals surface area contributed by atoms with Gasteiger partial charge >= 0.3 is 6.18 Å². The molecule has 0 aliphatic rings. The maximum absolute atomic E-state index is 13.6. The van der Waals surface area contributed by atoms with Gasteiger partial charge in [-0.15, -0.1) is 0 Å². The molecule has 1 N–H and O–H groups in total. The Bertz CT molecular complexity index is 1000. The molecule has 1 amide bonds. The number of alkyl halides is 3. The number of benzene rings is 2. The monoisotopic (exact) mass is 390 g/mol. The molecule has 1 heterocycles. The van der Waals surface area contributed by atoms with Crippen molar-refractivity contribution < 1.29 is 27.1 Å². The fraction of sp³-hybridized carbons (Fsp3) is 0.100. The van der Waals surface area contributed by atoms with E-state index in [9.17, 15) is 22.4 Å². The van der Waals surface area contributed by atoms with E-state index in [1.165, 1.54) is 54.6 Å². The van der Waals surface area contributed by atoms with Gasteiger partial charge in [0.1, 0.15) is 17.1 Å². The van der Waals surface area contributed by atoms with E-state index in [0.29, 0.717) is 11.4 Å². The fourth-order valence-electron chi connectivity index (χ4n) is 2.39. The van der Waals surface area contributed by atoms with Crippen molar-refractivity contribution in [3.05, 3.63) is 83.3 Å². The van der Waals surface area contributed by atoms with E-state index >= 15 is 0 Å². The van der Waals surface area contributed by atoms with Crippen LogP contribution in [0.15, 0.2) is 60.7 Å². The zero-order valence-electron chi connectivity index (χ0n) is 14.5. The lowest BCUT2D eigenvalue weighted by molar-refractivity contribution is -0.138. The minimum Gasteiger partial charge on any atom is -0.438 e. The molecule has 0 unspecified atom stereocenters. The lowest BCUT2D eigenvalue weighted by atomic mass is 10.2. The second kappa shape index (κ2) is 7.67. The number of amides is 1. The third-order valence-electron chi connectivity index (χ3n) is 3.75. The van der Waals surface area contributed by atoms with Crippen molar-refractivity contribution in [3.63, 3.8) is 0 Å². The predicted octanol–water partition coefficient (Wildman–Crippen LogP) is 5.59. The van der Waals surface area contributed by atoms with Crippen LogP contribution >= 0.6 is 0 Å². The Morgan fingerprint density at radius 3 is 2.32 bits per heavy atom. The maximum Gasteiger partial charge on any atom is 0.421 e. The van der Waals surface area contributed by atoms with Gasteiger partial charge in [0.05, 0.1) is 5.56 Å². The first-order chi connectivity index (χ1) is 13.2. The summed E-state index contributed by atoms with van der Waals surface area (Å²) >= 11 is 0. The molecule has 0 saturated heterocycles. The molecule has 4 nitrogen and oxygen atoms in total. The first-order valence-corrected chi connectivity index (χ1v) is 8.12. The van der Waals surface area contributed by atoms with Crippen LogP contribution in [0.1, 0.15) is 21.6 Å². The molecule has 0 aliphatic carbocycles. The van der Waals surface area contributed by atoms with Crippen molar-refractivity contribution in [1.29, 1.82) is 0 Å². The molecular formula is C20H14F4N2O2. The Labute approximate surface area is 157 Å². The Hall–Kier alpha value is -3.42. The Balaban J connectivity index is 1.76. The number of aromatic nitrogens is 1. The van der Waals surface area contributed by atoms with Crippen molar-refractivity contribution in [2.75, 3.05) is 5.32 Å². The van der Waals surface area contributed by atoms with Gasteiger partial charge < -0.3 is 10.1 Å². The first kappa shape index (κ1) is 19.3. The number of nitrogens with one attached hydrogen (secondary N) is 1. The number of hydrogen-bond donors (Lipinski definition) is 1. The van der Waals surface area contributed by atoms with E-state index in [1.807, 2.05) is 0 Å². The topological polar surface area (TPSA) is 51.2 Å². The largest absolute Gasteiger partial charge is 0.438 e. The summed E-state index contributed by atoms with van der Waals surface area (Å²) in [6.07, 6.45) is -4.61. The van der Waals surface area contributed by atoms with Gasteiger partial charge in [0.15, 0.2) is 0 Å². The number of rotatable bonds is 4. The van der Waals surface area contributed by atoms with Gasteiger partial charge in [-0.3, -0.25) is 4.79 Å². The molecule has 3 aromatic rings. The summed E-state index contributed by atoms with van der Waals surface area (Å²) < 4.78 is 58.2. The average Bonchev–Trinajstić information content (AvgIpc) is 2.62. The number of pyridine rings is 1. The number of halogens is 4. The van der Waals surface area contributed by atoms with Crippen LogP contribution in [0.2, 0.25) is 0 Å². The molecule has 28 heavy (non-hydrogen) atoms. The van der Waals surface area contributed by atoms with Gasteiger partial charge in [0, 0.05) is 11.4 Å². The summed E-state index contributed by atoms with van der Waals surface area (Å²) in [5.74, 6) is -1.76. The smallest absolute Gasteiger partial charge is 0.421 e. The van der Waals surface area contributed by atoms with Crippen molar-refractivity contribution in [2.45, 2.75) is 13.1 Å². The van der Waals surface area contributed by atoms with Gasteiger partial charge in [0.25, 0.3) is 5.91 Å². The molecule has 0 spiro atoms. The fourth-order valence-corrected chi connectivity index (χ4v) is 2.39. The van der Waals surface area contributed by atoms with E-state index in [0.717, 1.165) is 6.07 Å². The number of hydrogen-bond acceptors (Lipinski definition) is 3. The summed E-state index contributed by atoms with van der Waals surface area (Å²) in [5, 5.41) is 2.50. The van der Waals surface area contributed by atoms with Gasteiger partial charge in [0.2, 0.25) is 5.88 Å². The highest BCUT2D eigenvalue weighted by Crippen LogP contribution is 2.37. The van der Waals surface area contributed by atoms with Gasteiger partial charge in [-0.2, -0.15) is 13.2 Å².